The molecule has 1 atom stereocenters. The number of nitrogens with one attached hydrogen (secondary N) is 1. The Morgan fingerprint density at radius 2 is 2.14 bits per heavy atom. The molecular formula is C11H17Cl2N. The van der Waals surface area contributed by atoms with Crippen molar-refractivity contribution in [2.45, 2.75) is 32.9 Å². The van der Waals surface area contributed by atoms with Gasteiger partial charge in [0.25, 0.3) is 0 Å². The lowest BCUT2D eigenvalue weighted by Crippen LogP contribution is -2.24. The van der Waals surface area contributed by atoms with E-state index in [1.807, 2.05) is 18.2 Å². The standard InChI is InChI=1S/C11H16ClN.ClH/c1-3-9(2)13-8-10-5-4-6-11(12)7-10;/h4-7,9,13H,3,8H2,1-2H3;1H. The molecule has 0 bridgehead atoms. The monoisotopic (exact) mass is 233 g/mol. The van der Waals surface area contributed by atoms with Crippen molar-refractivity contribution in [2.75, 3.05) is 0 Å². The van der Waals surface area contributed by atoms with Gasteiger partial charge in [0.15, 0.2) is 0 Å². The molecule has 0 fully saturated rings. The van der Waals surface area contributed by atoms with Gasteiger partial charge in [0.2, 0.25) is 0 Å². The third-order valence-electron chi connectivity index (χ3n) is 2.16. The first-order valence-electron chi connectivity index (χ1n) is 4.70. The van der Waals surface area contributed by atoms with E-state index in [0.29, 0.717) is 6.04 Å². The summed E-state index contributed by atoms with van der Waals surface area (Å²) in [4.78, 5) is 0. The largest absolute Gasteiger partial charge is 0.310 e. The molecule has 80 valence electrons. The van der Waals surface area contributed by atoms with Crippen molar-refractivity contribution in [3.8, 4) is 0 Å². The summed E-state index contributed by atoms with van der Waals surface area (Å²) in [5, 5.41) is 4.23. The summed E-state index contributed by atoms with van der Waals surface area (Å²) in [7, 11) is 0. The molecule has 0 radical (unpaired) electrons. The van der Waals surface area contributed by atoms with Crippen molar-refractivity contribution in [3.05, 3.63) is 34.9 Å². The maximum Gasteiger partial charge on any atom is 0.0409 e. The molecule has 1 aromatic carbocycles. The fourth-order valence-electron chi connectivity index (χ4n) is 1.08. The van der Waals surface area contributed by atoms with Crippen LogP contribution in [0.15, 0.2) is 24.3 Å². The normalized spacial score (nSPS) is 11.9. The fraction of sp³-hybridized carbons (Fsp3) is 0.455. The van der Waals surface area contributed by atoms with E-state index in [-0.39, 0.29) is 12.4 Å². The highest BCUT2D eigenvalue weighted by atomic mass is 35.5. The SMILES string of the molecule is CCC(C)NCc1cccc(Cl)c1.Cl. The average molecular weight is 234 g/mol. The van der Waals surface area contributed by atoms with Crippen molar-refractivity contribution < 1.29 is 0 Å². The average Bonchev–Trinajstić information content (AvgIpc) is 2.14. The topological polar surface area (TPSA) is 12.0 Å². The van der Waals surface area contributed by atoms with Crippen molar-refractivity contribution in [3.63, 3.8) is 0 Å². The van der Waals surface area contributed by atoms with Crippen molar-refractivity contribution >= 4 is 24.0 Å². The maximum atomic E-state index is 5.87. The molecular weight excluding hydrogens is 217 g/mol. The summed E-state index contributed by atoms with van der Waals surface area (Å²) in [5.74, 6) is 0. The zero-order chi connectivity index (χ0) is 9.68. The highest BCUT2D eigenvalue weighted by Crippen LogP contribution is 2.10. The molecule has 0 saturated heterocycles. The Bertz CT molecular complexity index is 263. The van der Waals surface area contributed by atoms with Gasteiger partial charge in [-0.1, -0.05) is 30.7 Å². The van der Waals surface area contributed by atoms with Gasteiger partial charge < -0.3 is 5.32 Å². The molecule has 1 rings (SSSR count). The van der Waals surface area contributed by atoms with E-state index in [1.165, 1.54) is 5.56 Å². The van der Waals surface area contributed by atoms with Crippen molar-refractivity contribution in [2.24, 2.45) is 0 Å². The van der Waals surface area contributed by atoms with E-state index in [1.54, 1.807) is 0 Å². The number of benzene rings is 1. The lowest BCUT2D eigenvalue weighted by molar-refractivity contribution is 0.534. The quantitative estimate of drug-likeness (QED) is 0.838. The van der Waals surface area contributed by atoms with Gasteiger partial charge in [-0.05, 0) is 31.0 Å². The molecule has 0 spiro atoms. The van der Waals surface area contributed by atoms with Gasteiger partial charge >= 0.3 is 0 Å². The summed E-state index contributed by atoms with van der Waals surface area (Å²) in [6.45, 7) is 5.26. The molecule has 0 saturated carbocycles. The summed E-state index contributed by atoms with van der Waals surface area (Å²) in [5.41, 5.74) is 1.24. The Hall–Kier alpha value is -0.240. The molecule has 3 heteroatoms. The number of hydrogen-bond acceptors (Lipinski definition) is 1. The summed E-state index contributed by atoms with van der Waals surface area (Å²) >= 11 is 5.87. The van der Waals surface area contributed by atoms with Gasteiger partial charge in [-0.25, -0.2) is 0 Å². The van der Waals surface area contributed by atoms with E-state index < -0.39 is 0 Å². The van der Waals surface area contributed by atoms with Crippen LogP contribution in [-0.2, 0) is 6.54 Å². The van der Waals surface area contributed by atoms with Gasteiger partial charge in [-0.3, -0.25) is 0 Å². The van der Waals surface area contributed by atoms with Gasteiger partial charge in [0.1, 0.15) is 0 Å². The van der Waals surface area contributed by atoms with Crippen LogP contribution in [0.25, 0.3) is 0 Å². The Morgan fingerprint density at radius 3 is 2.71 bits per heavy atom. The molecule has 1 nitrogen and oxygen atoms in total. The van der Waals surface area contributed by atoms with Crippen LogP contribution in [0.3, 0.4) is 0 Å². The minimum absolute atomic E-state index is 0. The zero-order valence-electron chi connectivity index (χ0n) is 8.59. The molecule has 1 aromatic rings. The second-order valence-corrected chi connectivity index (χ2v) is 3.76. The molecule has 1 N–H and O–H groups in total. The molecule has 1 unspecified atom stereocenters. The first-order chi connectivity index (χ1) is 6.22. The molecule has 0 heterocycles. The molecule has 0 aliphatic heterocycles. The molecule has 0 aromatic heterocycles. The predicted octanol–water partition coefficient (Wildman–Crippen LogP) is 3.65. The van der Waals surface area contributed by atoms with Crippen LogP contribution < -0.4 is 5.32 Å². The van der Waals surface area contributed by atoms with Crippen molar-refractivity contribution in [1.29, 1.82) is 0 Å². The van der Waals surface area contributed by atoms with Gasteiger partial charge in [-0.15, -0.1) is 12.4 Å². The highest BCUT2D eigenvalue weighted by molar-refractivity contribution is 6.30. The van der Waals surface area contributed by atoms with Crippen LogP contribution in [-0.4, -0.2) is 6.04 Å². The predicted molar refractivity (Wildman–Crippen MR) is 65.3 cm³/mol. The molecule has 0 aliphatic rings. The van der Waals surface area contributed by atoms with E-state index in [4.69, 9.17) is 11.6 Å². The van der Waals surface area contributed by atoms with Crippen LogP contribution in [0.5, 0.6) is 0 Å². The second-order valence-electron chi connectivity index (χ2n) is 3.32. The van der Waals surface area contributed by atoms with Crippen LogP contribution in [0.1, 0.15) is 25.8 Å². The molecule has 0 amide bonds. The van der Waals surface area contributed by atoms with Gasteiger partial charge in [0, 0.05) is 17.6 Å². The Kier molecular flexibility index (Phi) is 6.98. The number of rotatable bonds is 4. The smallest absolute Gasteiger partial charge is 0.0409 e. The number of hydrogen-bond donors (Lipinski definition) is 1. The third kappa shape index (κ3) is 4.85. The minimum Gasteiger partial charge on any atom is -0.310 e. The minimum atomic E-state index is 0. The fourth-order valence-corrected chi connectivity index (χ4v) is 1.30. The van der Waals surface area contributed by atoms with Gasteiger partial charge in [-0.2, -0.15) is 0 Å². The lowest BCUT2D eigenvalue weighted by atomic mass is 10.2. The summed E-state index contributed by atoms with van der Waals surface area (Å²) in [6, 6.07) is 8.53. The second kappa shape index (κ2) is 7.10. The summed E-state index contributed by atoms with van der Waals surface area (Å²) in [6.07, 6.45) is 1.15. The van der Waals surface area contributed by atoms with Crippen LogP contribution in [0.4, 0.5) is 0 Å². The number of halogens is 2. The van der Waals surface area contributed by atoms with E-state index >= 15 is 0 Å². The van der Waals surface area contributed by atoms with E-state index in [9.17, 15) is 0 Å². The van der Waals surface area contributed by atoms with Crippen molar-refractivity contribution in [1.82, 2.24) is 5.32 Å². The Morgan fingerprint density at radius 1 is 1.43 bits per heavy atom. The first kappa shape index (κ1) is 13.8. The van der Waals surface area contributed by atoms with E-state index in [0.717, 1.165) is 18.0 Å². The highest BCUT2D eigenvalue weighted by Gasteiger charge is 1.98. The van der Waals surface area contributed by atoms with Crippen LogP contribution in [0.2, 0.25) is 5.02 Å². The Labute approximate surface area is 97.3 Å². The third-order valence-corrected chi connectivity index (χ3v) is 2.39. The summed E-state index contributed by atoms with van der Waals surface area (Å²) < 4.78 is 0. The zero-order valence-corrected chi connectivity index (χ0v) is 10.2. The van der Waals surface area contributed by atoms with Gasteiger partial charge in [0.05, 0.1) is 0 Å². The van der Waals surface area contributed by atoms with E-state index in [2.05, 4.69) is 25.2 Å². The molecule has 0 aliphatic carbocycles. The Balaban J connectivity index is 0.00000169. The maximum absolute atomic E-state index is 5.87. The van der Waals surface area contributed by atoms with Crippen LogP contribution >= 0.6 is 24.0 Å². The first-order valence-corrected chi connectivity index (χ1v) is 5.08. The van der Waals surface area contributed by atoms with Crippen LogP contribution in [0, 0.1) is 0 Å². The molecule has 14 heavy (non-hydrogen) atoms. The lowest BCUT2D eigenvalue weighted by Gasteiger charge is -2.10.